The summed E-state index contributed by atoms with van der Waals surface area (Å²) in [6.07, 6.45) is 11.9. The Kier molecular flexibility index (Phi) is 18.5. The van der Waals surface area contributed by atoms with Crippen LogP contribution < -0.4 is 0 Å². The third-order valence-electron chi connectivity index (χ3n) is 6.03. The summed E-state index contributed by atoms with van der Waals surface area (Å²) >= 11 is 0. The lowest BCUT2D eigenvalue weighted by Gasteiger charge is -2.34. The molecule has 0 aliphatic carbocycles. The molecule has 0 aromatic carbocycles. The summed E-state index contributed by atoms with van der Waals surface area (Å²) in [5.41, 5.74) is 0. The highest BCUT2D eigenvalue weighted by Gasteiger charge is 2.41. The monoisotopic (exact) mass is 550 g/mol. The quantitative estimate of drug-likeness (QED) is 0.181. The second-order valence-corrected chi connectivity index (χ2v) is 9.01. The number of hydrogen-bond donors (Lipinski definition) is 0. The Morgan fingerprint density at radius 2 is 0.600 bits per heavy atom. The molecule has 40 heavy (non-hydrogen) atoms. The number of carbonyl (C=O) groups excluding carboxylic acids is 4. The maximum atomic E-state index is 14.0. The van der Waals surface area contributed by atoms with Gasteiger partial charge in [0.15, 0.2) is 0 Å². The van der Waals surface area contributed by atoms with Crippen LogP contribution in [-0.4, -0.2) is 95.6 Å². The first-order valence-corrected chi connectivity index (χ1v) is 13.2. The molecule has 0 aromatic rings. The average molecular weight is 551 g/mol. The van der Waals surface area contributed by atoms with Crippen molar-refractivity contribution in [3.05, 3.63) is 101 Å². The average Bonchev–Trinajstić information content (AvgIpc) is 2.93. The van der Waals surface area contributed by atoms with Crippen molar-refractivity contribution >= 4 is 23.6 Å². The molecular weight excluding hydrogens is 504 g/mol. The maximum Gasteiger partial charge on any atom is 0.227 e. The normalized spacial score (nSPS) is 11.5. The van der Waals surface area contributed by atoms with Crippen LogP contribution in [0.5, 0.6) is 0 Å². The molecule has 0 radical (unpaired) electrons. The van der Waals surface area contributed by atoms with Gasteiger partial charge in [-0.25, -0.2) is 0 Å². The molecule has 0 heterocycles. The minimum Gasteiger partial charge on any atom is -0.335 e. The molecule has 0 aromatic heterocycles. The van der Waals surface area contributed by atoms with Gasteiger partial charge in [-0.05, 0) is 0 Å². The summed E-state index contributed by atoms with van der Waals surface area (Å²) in [5.74, 6) is -3.93. The van der Waals surface area contributed by atoms with E-state index in [1.165, 1.54) is 19.6 Å². The van der Waals surface area contributed by atoms with Crippen molar-refractivity contribution in [2.24, 2.45) is 11.8 Å². The Labute approximate surface area is 240 Å². The fourth-order valence-electron chi connectivity index (χ4n) is 4.22. The lowest BCUT2D eigenvalue weighted by Crippen LogP contribution is -2.49. The lowest BCUT2D eigenvalue weighted by atomic mass is 9.83. The van der Waals surface area contributed by atoms with Crippen LogP contribution in [0.15, 0.2) is 101 Å². The van der Waals surface area contributed by atoms with Crippen molar-refractivity contribution in [2.75, 3.05) is 52.4 Å². The van der Waals surface area contributed by atoms with Crippen molar-refractivity contribution in [3.63, 3.8) is 0 Å². The molecule has 0 fully saturated rings. The summed E-state index contributed by atoms with van der Waals surface area (Å²) in [6, 6.07) is 0. The predicted octanol–water partition coefficient (Wildman–Crippen LogP) is 3.80. The Morgan fingerprint density at radius 3 is 0.800 bits per heavy atom. The van der Waals surface area contributed by atoms with Gasteiger partial charge in [-0.15, -0.1) is 52.6 Å². The van der Waals surface area contributed by atoms with E-state index in [0.717, 1.165) is 0 Å². The van der Waals surface area contributed by atoms with E-state index in [-0.39, 0.29) is 77.0 Å². The van der Waals surface area contributed by atoms with Crippen LogP contribution in [0, 0.1) is 11.8 Å². The van der Waals surface area contributed by atoms with Crippen LogP contribution in [0.2, 0.25) is 0 Å². The zero-order valence-corrected chi connectivity index (χ0v) is 23.9. The fraction of sp³-hybridized carbons (Fsp3) is 0.375. The third-order valence-corrected chi connectivity index (χ3v) is 6.03. The SMILES string of the molecule is C=CCN(CC=C)C(=O)CC(C(=O)N(CC=C)CC=C)C(CC(=O)N(CC=C)CC=C)C(=O)N(CC=C)CC=C. The largest absolute Gasteiger partial charge is 0.335 e. The zero-order valence-electron chi connectivity index (χ0n) is 23.9. The minimum atomic E-state index is -1.15. The molecule has 0 bridgehead atoms. The molecule has 4 amide bonds. The number of nitrogens with zero attached hydrogens (tertiary/aromatic N) is 4. The van der Waals surface area contributed by atoms with Gasteiger partial charge < -0.3 is 19.6 Å². The number of amides is 4. The van der Waals surface area contributed by atoms with E-state index >= 15 is 0 Å². The van der Waals surface area contributed by atoms with E-state index < -0.39 is 23.7 Å². The van der Waals surface area contributed by atoms with Gasteiger partial charge in [0.1, 0.15) is 0 Å². The Bertz CT molecular complexity index is 839. The van der Waals surface area contributed by atoms with Gasteiger partial charge in [0, 0.05) is 65.2 Å². The first kappa shape index (κ1) is 35.8. The van der Waals surface area contributed by atoms with E-state index in [0.29, 0.717) is 0 Å². The smallest absolute Gasteiger partial charge is 0.227 e. The topological polar surface area (TPSA) is 81.2 Å². The molecule has 0 saturated heterocycles. The molecule has 218 valence electrons. The summed E-state index contributed by atoms with van der Waals surface area (Å²) in [7, 11) is 0. The van der Waals surface area contributed by atoms with Crippen molar-refractivity contribution in [3.8, 4) is 0 Å². The van der Waals surface area contributed by atoms with Crippen molar-refractivity contribution < 1.29 is 19.2 Å². The maximum absolute atomic E-state index is 14.0. The van der Waals surface area contributed by atoms with E-state index in [1.807, 2.05) is 0 Å². The molecule has 0 aliphatic rings. The molecule has 2 unspecified atom stereocenters. The second-order valence-electron chi connectivity index (χ2n) is 9.01. The van der Waals surface area contributed by atoms with Gasteiger partial charge in [-0.1, -0.05) is 48.6 Å². The van der Waals surface area contributed by atoms with Crippen LogP contribution in [-0.2, 0) is 19.2 Å². The summed E-state index contributed by atoms with van der Waals surface area (Å²) in [5, 5.41) is 0. The minimum absolute atomic E-state index is 0.176. The first-order chi connectivity index (χ1) is 19.2. The highest BCUT2D eigenvalue weighted by atomic mass is 16.2. The summed E-state index contributed by atoms with van der Waals surface area (Å²) in [4.78, 5) is 61.0. The van der Waals surface area contributed by atoms with Crippen molar-refractivity contribution in [1.82, 2.24) is 19.6 Å². The molecule has 0 spiro atoms. The highest BCUT2D eigenvalue weighted by molar-refractivity contribution is 5.94. The molecule has 0 N–H and O–H groups in total. The summed E-state index contributed by atoms with van der Waals surface area (Å²) < 4.78 is 0. The highest BCUT2D eigenvalue weighted by Crippen LogP contribution is 2.27. The van der Waals surface area contributed by atoms with E-state index in [9.17, 15) is 19.2 Å². The van der Waals surface area contributed by atoms with Crippen LogP contribution in [0.3, 0.4) is 0 Å². The number of hydrogen-bond acceptors (Lipinski definition) is 4. The van der Waals surface area contributed by atoms with Gasteiger partial charge in [0.2, 0.25) is 23.6 Å². The predicted molar refractivity (Wildman–Crippen MR) is 164 cm³/mol. The summed E-state index contributed by atoms with van der Waals surface area (Å²) in [6.45, 7) is 31.4. The van der Waals surface area contributed by atoms with Gasteiger partial charge in [-0.2, -0.15) is 0 Å². The van der Waals surface area contributed by atoms with Gasteiger partial charge >= 0.3 is 0 Å². The van der Waals surface area contributed by atoms with Gasteiger partial charge in [0.05, 0.1) is 11.8 Å². The van der Waals surface area contributed by atoms with Gasteiger partial charge in [-0.3, -0.25) is 19.2 Å². The van der Waals surface area contributed by atoms with E-state index in [2.05, 4.69) is 52.6 Å². The van der Waals surface area contributed by atoms with Crippen molar-refractivity contribution in [2.45, 2.75) is 12.8 Å². The standard InChI is InChI=1S/C32H46N4O4/c1-9-17-33(18-10-2)29(37)25-27(31(39)35(21-13-5)22-14-6)28(32(40)36(23-15-7)24-16-8)26-30(38)34(19-11-3)20-12-4/h9-16,27-28H,1-8,17-26H2. The number of carbonyl (C=O) groups is 4. The number of rotatable bonds is 23. The van der Waals surface area contributed by atoms with Crippen LogP contribution in [0.25, 0.3) is 0 Å². The Balaban J connectivity index is 6.97. The Morgan fingerprint density at radius 1 is 0.400 bits per heavy atom. The third kappa shape index (κ3) is 11.7. The fourth-order valence-corrected chi connectivity index (χ4v) is 4.22. The molecular formula is C32H46N4O4. The second kappa shape index (κ2) is 20.7. The molecule has 0 aliphatic heterocycles. The van der Waals surface area contributed by atoms with E-state index in [1.54, 1.807) is 48.6 Å². The molecule has 0 saturated carbocycles. The Hall–Kier alpha value is -4.20. The molecule has 0 rings (SSSR count). The van der Waals surface area contributed by atoms with Crippen LogP contribution >= 0.6 is 0 Å². The molecule has 8 nitrogen and oxygen atoms in total. The zero-order chi connectivity index (χ0) is 30.5. The molecule has 2 atom stereocenters. The first-order valence-electron chi connectivity index (χ1n) is 13.2. The molecule has 8 heteroatoms. The van der Waals surface area contributed by atoms with Crippen LogP contribution in [0.4, 0.5) is 0 Å². The van der Waals surface area contributed by atoms with E-state index in [4.69, 9.17) is 0 Å². The lowest BCUT2D eigenvalue weighted by molar-refractivity contribution is -0.151. The van der Waals surface area contributed by atoms with Crippen molar-refractivity contribution in [1.29, 1.82) is 0 Å². The van der Waals surface area contributed by atoms with Crippen LogP contribution in [0.1, 0.15) is 12.8 Å². The van der Waals surface area contributed by atoms with Gasteiger partial charge in [0.25, 0.3) is 0 Å².